The van der Waals surface area contributed by atoms with E-state index in [4.69, 9.17) is 5.11 Å². The number of rotatable bonds is 3. The quantitative estimate of drug-likeness (QED) is 0.792. The summed E-state index contributed by atoms with van der Waals surface area (Å²) in [5.74, 6) is -1.42. The number of aryl methyl sites for hydroxylation is 1. The number of carboxylic acid groups (broad SMARTS) is 1. The third kappa shape index (κ3) is 2.53. The second-order valence-corrected chi connectivity index (χ2v) is 4.53. The molecule has 2 aromatic heterocycles. The number of aromatic nitrogens is 5. The monoisotopic (exact) mass is 299 g/mol. The predicted molar refractivity (Wildman–Crippen MR) is 74.4 cm³/mol. The van der Waals surface area contributed by atoms with Gasteiger partial charge >= 0.3 is 5.97 Å². The van der Waals surface area contributed by atoms with Gasteiger partial charge in [-0.25, -0.2) is 9.18 Å². The van der Waals surface area contributed by atoms with Crippen molar-refractivity contribution in [1.29, 1.82) is 0 Å². The molecular weight excluding hydrogens is 289 g/mol. The molecule has 0 aliphatic rings. The SMILES string of the molecule is Cn1nnc(-c2ccc(-c3ccc(C(=O)O)cc3F)cn2)n1. The molecule has 3 aromatic rings. The van der Waals surface area contributed by atoms with Crippen LogP contribution in [0.3, 0.4) is 0 Å². The van der Waals surface area contributed by atoms with Crippen molar-refractivity contribution in [3.63, 3.8) is 0 Å². The van der Waals surface area contributed by atoms with Crippen LogP contribution in [0.1, 0.15) is 10.4 Å². The largest absolute Gasteiger partial charge is 0.478 e. The predicted octanol–water partition coefficient (Wildman–Crippen LogP) is 1.78. The Morgan fingerprint density at radius 3 is 2.64 bits per heavy atom. The summed E-state index contributed by atoms with van der Waals surface area (Å²) < 4.78 is 14.0. The first-order valence-electron chi connectivity index (χ1n) is 6.28. The summed E-state index contributed by atoms with van der Waals surface area (Å²) in [7, 11) is 1.64. The highest BCUT2D eigenvalue weighted by atomic mass is 19.1. The highest BCUT2D eigenvalue weighted by Gasteiger charge is 2.11. The van der Waals surface area contributed by atoms with Crippen molar-refractivity contribution in [2.45, 2.75) is 0 Å². The Morgan fingerprint density at radius 2 is 2.09 bits per heavy atom. The van der Waals surface area contributed by atoms with Crippen LogP contribution in [-0.2, 0) is 7.05 Å². The van der Waals surface area contributed by atoms with Crippen LogP contribution < -0.4 is 0 Å². The summed E-state index contributed by atoms with van der Waals surface area (Å²) in [4.78, 5) is 16.3. The van der Waals surface area contributed by atoms with Crippen molar-refractivity contribution >= 4 is 5.97 Å². The third-order valence-electron chi connectivity index (χ3n) is 3.03. The molecule has 0 saturated heterocycles. The molecule has 0 radical (unpaired) electrons. The molecule has 0 aliphatic heterocycles. The fourth-order valence-electron chi connectivity index (χ4n) is 1.95. The van der Waals surface area contributed by atoms with Crippen LogP contribution in [0.15, 0.2) is 36.5 Å². The molecule has 1 N–H and O–H groups in total. The van der Waals surface area contributed by atoms with E-state index in [0.29, 0.717) is 17.1 Å². The summed E-state index contributed by atoms with van der Waals surface area (Å²) in [6.45, 7) is 0. The van der Waals surface area contributed by atoms with Crippen molar-refractivity contribution in [2.24, 2.45) is 7.05 Å². The molecule has 7 nitrogen and oxygen atoms in total. The van der Waals surface area contributed by atoms with E-state index in [0.717, 1.165) is 6.07 Å². The number of hydrogen-bond acceptors (Lipinski definition) is 5. The minimum absolute atomic E-state index is 0.102. The molecule has 0 fully saturated rings. The van der Waals surface area contributed by atoms with Gasteiger partial charge in [0.1, 0.15) is 11.5 Å². The smallest absolute Gasteiger partial charge is 0.335 e. The fourth-order valence-corrected chi connectivity index (χ4v) is 1.95. The van der Waals surface area contributed by atoms with Gasteiger partial charge in [0, 0.05) is 17.3 Å². The Hall–Kier alpha value is -3.16. The van der Waals surface area contributed by atoms with E-state index >= 15 is 0 Å². The number of nitrogens with zero attached hydrogens (tertiary/aromatic N) is 5. The number of pyridine rings is 1. The van der Waals surface area contributed by atoms with E-state index in [1.165, 1.54) is 23.1 Å². The average Bonchev–Trinajstić information content (AvgIpc) is 2.94. The van der Waals surface area contributed by atoms with Crippen molar-refractivity contribution in [1.82, 2.24) is 25.2 Å². The first-order chi connectivity index (χ1) is 10.5. The zero-order valence-corrected chi connectivity index (χ0v) is 11.4. The highest BCUT2D eigenvalue weighted by Crippen LogP contribution is 2.24. The van der Waals surface area contributed by atoms with Gasteiger partial charge < -0.3 is 5.11 Å². The van der Waals surface area contributed by atoms with Crippen LogP contribution in [0.2, 0.25) is 0 Å². The van der Waals surface area contributed by atoms with E-state index in [2.05, 4.69) is 20.4 Å². The first-order valence-corrected chi connectivity index (χ1v) is 6.28. The maximum absolute atomic E-state index is 14.0. The normalized spacial score (nSPS) is 10.6. The second kappa shape index (κ2) is 5.32. The van der Waals surface area contributed by atoms with Crippen molar-refractivity contribution in [2.75, 3.05) is 0 Å². The third-order valence-corrected chi connectivity index (χ3v) is 3.03. The molecule has 0 saturated carbocycles. The van der Waals surface area contributed by atoms with Crippen LogP contribution in [0.25, 0.3) is 22.6 Å². The van der Waals surface area contributed by atoms with E-state index in [1.54, 1.807) is 19.2 Å². The summed E-state index contributed by atoms with van der Waals surface area (Å²) in [5.41, 5.74) is 1.22. The van der Waals surface area contributed by atoms with E-state index in [-0.39, 0.29) is 11.1 Å². The van der Waals surface area contributed by atoms with Crippen LogP contribution in [-0.4, -0.2) is 36.3 Å². The van der Waals surface area contributed by atoms with Crippen LogP contribution >= 0.6 is 0 Å². The number of carboxylic acids is 1. The van der Waals surface area contributed by atoms with Gasteiger partial charge in [-0.15, -0.1) is 10.2 Å². The lowest BCUT2D eigenvalue weighted by molar-refractivity contribution is 0.0696. The first kappa shape index (κ1) is 13.8. The Bertz CT molecular complexity index is 845. The minimum Gasteiger partial charge on any atom is -0.478 e. The summed E-state index contributed by atoms with van der Waals surface area (Å²) in [6.07, 6.45) is 1.48. The van der Waals surface area contributed by atoms with E-state index < -0.39 is 11.8 Å². The second-order valence-electron chi connectivity index (χ2n) is 4.53. The number of tetrazole rings is 1. The molecule has 2 heterocycles. The van der Waals surface area contributed by atoms with Gasteiger partial charge in [-0.1, -0.05) is 12.1 Å². The fraction of sp³-hybridized carbons (Fsp3) is 0.0714. The molecule has 8 heteroatoms. The zero-order valence-electron chi connectivity index (χ0n) is 11.4. The van der Waals surface area contributed by atoms with Crippen molar-refractivity contribution in [3.05, 3.63) is 47.9 Å². The number of aromatic carboxylic acids is 1. The van der Waals surface area contributed by atoms with Gasteiger partial charge in [0.2, 0.25) is 5.82 Å². The van der Waals surface area contributed by atoms with E-state index in [1.807, 2.05) is 0 Å². The van der Waals surface area contributed by atoms with Gasteiger partial charge in [0.25, 0.3) is 0 Å². The molecule has 0 aliphatic carbocycles. The molecule has 0 unspecified atom stereocenters. The van der Waals surface area contributed by atoms with Crippen molar-refractivity contribution in [3.8, 4) is 22.6 Å². The van der Waals surface area contributed by atoms with Crippen molar-refractivity contribution < 1.29 is 14.3 Å². The lowest BCUT2D eigenvalue weighted by Crippen LogP contribution is -1.98. The molecular formula is C14H10FN5O2. The van der Waals surface area contributed by atoms with Crippen LogP contribution in [0.5, 0.6) is 0 Å². The van der Waals surface area contributed by atoms with Gasteiger partial charge in [-0.2, -0.15) is 4.80 Å². The lowest BCUT2D eigenvalue weighted by atomic mass is 10.0. The Kier molecular flexibility index (Phi) is 3.34. The summed E-state index contributed by atoms with van der Waals surface area (Å²) >= 11 is 0. The summed E-state index contributed by atoms with van der Waals surface area (Å²) in [5, 5.41) is 20.4. The Balaban J connectivity index is 1.94. The molecule has 0 amide bonds. The molecule has 0 bridgehead atoms. The van der Waals surface area contributed by atoms with Gasteiger partial charge in [0.15, 0.2) is 0 Å². The highest BCUT2D eigenvalue weighted by molar-refractivity contribution is 5.88. The molecule has 110 valence electrons. The molecule has 22 heavy (non-hydrogen) atoms. The lowest BCUT2D eigenvalue weighted by Gasteiger charge is -2.04. The van der Waals surface area contributed by atoms with Gasteiger partial charge in [-0.05, 0) is 23.4 Å². The van der Waals surface area contributed by atoms with Gasteiger partial charge in [-0.3, -0.25) is 4.98 Å². The Labute approximate surface area is 124 Å². The van der Waals surface area contributed by atoms with Crippen LogP contribution in [0, 0.1) is 5.82 Å². The number of hydrogen-bond donors (Lipinski definition) is 1. The molecule has 3 rings (SSSR count). The standard InChI is InChI=1S/C14H10FN5O2/c1-20-18-13(17-19-20)12-5-3-9(7-16-12)10-4-2-8(14(21)22)6-11(10)15/h2-7H,1H3,(H,21,22). The zero-order chi connectivity index (χ0) is 15.7. The molecule has 0 atom stereocenters. The topological polar surface area (TPSA) is 93.8 Å². The minimum atomic E-state index is -1.17. The number of benzene rings is 1. The molecule has 0 spiro atoms. The summed E-state index contributed by atoms with van der Waals surface area (Å²) in [6, 6.07) is 7.05. The maximum Gasteiger partial charge on any atom is 0.335 e. The molecule has 1 aromatic carbocycles. The number of carbonyl (C=O) groups is 1. The van der Waals surface area contributed by atoms with Crippen LogP contribution in [0.4, 0.5) is 4.39 Å². The Morgan fingerprint density at radius 1 is 1.27 bits per heavy atom. The van der Waals surface area contributed by atoms with Gasteiger partial charge in [0.05, 0.1) is 12.6 Å². The number of halogens is 1. The van der Waals surface area contributed by atoms with E-state index in [9.17, 15) is 9.18 Å². The maximum atomic E-state index is 14.0. The average molecular weight is 299 g/mol.